The zero-order valence-corrected chi connectivity index (χ0v) is 25.5. The van der Waals surface area contributed by atoms with Gasteiger partial charge in [0.2, 0.25) is 5.95 Å². The Morgan fingerprint density at radius 3 is 2.73 bits per heavy atom. The number of esters is 1. The fraction of sp³-hybridized carbons (Fsp3) is 0.548. The number of fused-ring (bicyclic) bond motifs is 1. The Bertz CT molecular complexity index is 1440. The number of nitrogens with two attached hydrogens (primary N) is 1. The van der Waals surface area contributed by atoms with E-state index >= 15 is 0 Å². The summed E-state index contributed by atoms with van der Waals surface area (Å²) in [5.74, 6) is 7.68. The van der Waals surface area contributed by atoms with Crippen LogP contribution in [0.4, 0.5) is 5.95 Å². The molecule has 1 saturated carbocycles. The lowest BCUT2D eigenvalue weighted by atomic mass is 10.0. The first-order chi connectivity index (χ1) is 19.7. The minimum absolute atomic E-state index is 0.0749. The summed E-state index contributed by atoms with van der Waals surface area (Å²) >= 11 is 6.51. The van der Waals surface area contributed by atoms with Crippen molar-refractivity contribution in [1.29, 1.82) is 0 Å². The molecule has 0 spiro atoms. The van der Waals surface area contributed by atoms with Gasteiger partial charge in [-0.2, -0.15) is 4.98 Å². The molecule has 0 saturated heterocycles. The van der Waals surface area contributed by atoms with Crippen LogP contribution < -0.4 is 15.8 Å². The van der Waals surface area contributed by atoms with Crippen molar-refractivity contribution >= 4 is 34.6 Å². The van der Waals surface area contributed by atoms with Crippen molar-refractivity contribution < 1.29 is 14.3 Å². The van der Waals surface area contributed by atoms with Gasteiger partial charge >= 0.3 is 5.97 Å². The van der Waals surface area contributed by atoms with Crippen LogP contribution in [0.5, 0.6) is 5.75 Å². The number of hydrogen-bond acceptors (Lipinski definition) is 8. The SMILES string of the molecule is COc1c(C)cnc(Cn2cc(C#CCCCN[C@@H](CC(C)C)C(=O)OC3CCCC3)c3c(Cl)nc(N)nc32)c1C. The highest BCUT2D eigenvalue weighted by Gasteiger charge is 2.25. The van der Waals surface area contributed by atoms with Crippen molar-refractivity contribution in [2.75, 3.05) is 19.4 Å². The summed E-state index contributed by atoms with van der Waals surface area (Å²) in [5, 5.41) is 4.33. The number of aryl methyl sites for hydroxylation is 1. The highest BCUT2D eigenvalue weighted by molar-refractivity contribution is 6.34. The molecule has 220 valence electrons. The molecule has 4 rings (SSSR count). The number of carbonyl (C=O) groups excluding carboxylic acids is 1. The second-order valence-electron chi connectivity index (χ2n) is 11.2. The van der Waals surface area contributed by atoms with Crippen LogP contribution in [-0.4, -0.2) is 51.3 Å². The van der Waals surface area contributed by atoms with Crippen LogP contribution in [0.25, 0.3) is 11.0 Å². The molecule has 10 heteroatoms. The van der Waals surface area contributed by atoms with Crippen molar-refractivity contribution in [3.05, 3.63) is 39.9 Å². The molecule has 3 N–H and O–H groups in total. The molecular formula is C31H41ClN6O3. The third-order valence-electron chi connectivity index (χ3n) is 7.43. The van der Waals surface area contributed by atoms with E-state index in [1.54, 1.807) is 13.3 Å². The van der Waals surface area contributed by atoms with Gasteiger partial charge in [0.1, 0.15) is 28.7 Å². The normalized spacial score (nSPS) is 14.3. The van der Waals surface area contributed by atoms with Crippen LogP contribution in [0, 0.1) is 31.6 Å². The van der Waals surface area contributed by atoms with E-state index in [-0.39, 0.29) is 29.2 Å². The van der Waals surface area contributed by atoms with Gasteiger partial charge < -0.3 is 25.1 Å². The van der Waals surface area contributed by atoms with E-state index in [1.165, 1.54) is 0 Å². The molecule has 1 aliphatic rings. The lowest BCUT2D eigenvalue weighted by Gasteiger charge is -2.21. The van der Waals surface area contributed by atoms with Crippen molar-refractivity contribution in [3.63, 3.8) is 0 Å². The van der Waals surface area contributed by atoms with Crippen molar-refractivity contribution in [1.82, 2.24) is 24.8 Å². The molecule has 0 amide bonds. The van der Waals surface area contributed by atoms with Crippen molar-refractivity contribution in [2.45, 2.75) is 91.3 Å². The van der Waals surface area contributed by atoms with Crippen LogP contribution in [0.3, 0.4) is 0 Å². The monoisotopic (exact) mass is 580 g/mol. The fourth-order valence-electron chi connectivity index (χ4n) is 5.36. The molecule has 3 aromatic heterocycles. The van der Waals surface area contributed by atoms with Gasteiger partial charge in [0.25, 0.3) is 0 Å². The van der Waals surface area contributed by atoms with E-state index in [0.29, 0.717) is 36.5 Å². The number of nitrogens with zero attached hydrogens (tertiary/aromatic N) is 4. The molecule has 0 radical (unpaired) electrons. The van der Waals surface area contributed by atoms with Gasteiger partial charge in [0.15, 0.2) is 0 Å². The summed E-state index contributed by atoms with van der Waals surface area (Å²) in [6, 6.07) is -0.291. The van der Waals surface area contributed by atoms with E-state index in [0.717, 1.165) is 66.7 Å². The first kappa shape index (κ1) is 30.6. The van der Waals surface area contributed by atoms with E-state index in [9.17, 15) is 4.79 Å². The van der Waals surface area contributed by atoms with Gasteiger partial charge in [-0.05, 0) is 64.8 Å². The number of pyridine rings is 1. The van der Waals surface area contributed by atoms with Gasteiger partial charge in [-0.15, -0.1) is 0 Å². The summed E-state index contributed by atoms with van der Waals surface area (Å²) in [6.45, 7) is 9.32. The van der Waals surface area contributed by atoms with E-state index in [4.69, 9.17) is 26.8 Å². The number of unbranched alkanes of at least 4 members (excludes halogenated alkanes) is 1. The van der Waals surface area contributed by atoms with Gasteiger partial charge in [-0.25, -0.2) is 4.98 Å². The average Bonchev–Trinajstić information content (AvgIpc) is 3.55. The maximum Gasteiger partial charge on any atom is 0.323 e. The van der Waals surface area contributed by atoms with E-state index < -0.39 is 0 Å². The highest BCUT2D eigenvalue weighted by atomic mass is 35.5. The molecular weight excluding hydrogens is 540 g/mol. The maximum absolute atomic E-state index is 12.8. The lowest BCUT2D eigenvalue weighted by molar-refractivity contribution is -0.151. The second-order valence-corrected chi connectivity index (χ2v) is 11.5. The summed E-state index contributed by atoms with van der Waals surface area (Å²) in [6.07, 6.45) is 10.2. The zero-order chi connectivity index (χ0) is 29.5. The zero-order valence-electron chi connectivity index (χ0n) is 24.7. The largest absolute Gasteiger partial charge is 0.496 e. The minimum Gasteiger partial charge on any atom is -0.496 e. The van der Waals surface area contributed by atoms with Crippen LogP contribution >= 0.6 is 11.6 Å². The Balaban J connectivity index is 1.44. The standard InChI is InChI=1S/C31H41ClN6O3/c1-19(2)15-24(30(39)41-23-12-8-9-13-23)34-14-10-6-7-11-22-17-38(29-26(22)28(32)36-31(33)37-29)18-25-21(4)27(40-5)20(3)16-35-25/h16-17,19,23-24,34H,6,8-10,12-15,18H2,1-5H3,(H2,33,36,37)/t24-/m0/s1. The Labute approximate surface area is 247 Å². The number of methoxy groups -OCH3 is 1. The van der Waals surface area contributed by atoms with Crippen molar-refractivity contribution in [3.8, 4) is 17.6 Å². The van der Waals surface area contributed by atoms with Crippen LogP contribution in [0.1, 0.15) is 81.2 Å². The van der Waals surface area contributed by atoms with E-state index in [1.807, 2.05) is 24.6 Å². The molecule has 1 aliphatic carbocycles. The average molecular weight is 581 g/mol. The molecule has 3 aromatic rings. The summed E-state index contributed by atoms with van der Waals surface area (Å²) in [4.78, 5) is 26.0. The Kier molecular flexibility index (Phi) is 10.5. The molecule has 0 unspecified atom stereocenters. The predicted octanol–water partition coefficient (Wildman–Crippen LogP) is 5.36. The third kappa shape index (κ3) is 7.69. The number of hydrogen-bond donors (Lipinski definition) is 2. The predicted molar refractivity (Wildman–Crippen MR) is 162 cm³/mol. The topological polar surface area (TPSA) is 117 Å². The molecule has 1 fully saturated rings. The number of nitrogen functional groups attached to an aromatic ring is 1. The number of ether oxygens (including phenoxy) is 2. The number of rotatable bonds is 11. The third-order valence-corrected chi connectivity index (χ3v) is 7.70. The number of nitrogens with one attached hydrogen (secondary N) is 1. The maximum atomic E-state index is 12.8. The molecule has 0 aromatic carbocycles. The second kappa shape index (κ2) is 14.0. The fourth-order valence-corrected chi connectivity index (χ4v) is 5.64. The molecule has 41 heavy (non-hydrogen) atoms. The molecule has 3 heterocycles. The van der Waals surface area contributed by atoms with E-state index in [2.05, 4.69) is 46.0 Å². The number of halogens is 1. The van der Waals surface area contributed by atoms with Gasteiger partial charge in [-0.1, -0.05) is 37.3 Å². The molecule has 9 nitrogen and oxygen atoms in total. The van der Waals surface area contributed by atoms with Gasteiger partial charge in [-0.3, -0.25) is 9.78 Å². The minimum atomic E-state index is -0.291. The highest BCUT2D eigenvalue weighted by Crippen LogP contribution is 2.29. The summed E-state index contributed by atoms with van der Waals surface area (Å²) in [5.41, 5.74) is 10.1. The molecule has 0 bridgehead atoms. The number of anilines is 1. The Morgan fingerprint density at radius 1 is 1.27 bits per heavy atom. The van der Waals surface area contributed by atoms with Gasteiger partial charge in [0.05, 0.1) is 30.3 Å². The van der Waals surface area contributed by atoms with Crippen LogP contribution in [0.2, 0.25) is 5.15 Å². The number of aromatic nitrogens is 4. The Hall–Kier alpha value is -3.35. The molecule has 1 atom stereocenters. The smallest absolute Gasteiger partial charge is 0.323 e. The lowest BCUT2D eigenvalue weighted by Crippen LogP contribution is -2.40. The molecule has 0 aliphatic heterocycles. The first-order valence-corrected chi connectivity index (χ1v) is 14.8. The summed E-state index contributed by atoms with van der Waals surface area (Å²) in [7, 11) is 1.66. The number of carbonyl (C=O) groups is 1. The van der Waals surface area contributed by atoms with Gasteiger partial charge in [0, 0.05) is 29.9 Å². The summed E-state index contributed by atoms with van der Waals surface area (Å²) < 4.78 is 13.3. The Morgan fingerprint density at radius 2 is 2.02 bits per heavy atom. The quantitative estimate of drug-likeness (QED) is 0.135. The van der Waals surface area contributed by atoms with Crippen LogP contribution in [-0.2, 0) is 16.1 Å². The first-order valence-electron chi connectivity index (χ1n) is 14.4. The van der Waals surface area contributed by atoms with Crippen molar-refractivity contribution in [2.24, 2.45) is 5.92 Å². The van der Waals surface area contributed by atoms with Crippen LogP contribution in [0.15, 0.2) is 12.4 Å².